The van der Waals surface area contributed by atoms with Crippen molar-refractivity contribution in [3.05, 3.63) is 17.5 Å². The summed E-state index contributed by atoms with van der Waals surface area (Å²) in [5.41, 5.74) is 2.38. The summed E-state index contributed by atoms with van der Waals surface area (Å²) in [7, 11) is 0. The summed E-state index contributed by atoms with van der Waals surface area (Å²) in [5.74, 6) is 3.27. The molecule has 0 bridgehead atoms. The topological polar surface area (TPSA) is 57.8 Å². The first-order valence-corrected chi connectivity index (χ1v) is 8.24. The third-order valence-corrected chi connectivity index (χ3v) is 4.74. The molecule has 1 amide bonds. The highest BCUT2D eigenvalue weighted by atomic mass is 32.2. The first-order chi connectivity index (χ1) is 9.25. The fourth-order valence-corrected chi connectivity index (χ4v) is 3.62. The number of nitrogens with zero attached hydrogens (tertiary/aromatic N) is 1. The average Bonchev–Trinajstić information content (AvgIpc) is 2.81. The van der Waals surface area contributed by atoms with Crippen LogP contribution in [0.25, 0.3) is 0 Å². The molecule has 106 valence electrons. The molecule has 1 fully saturated rings. The van der Waals surface area contributed by atoms with Gasteiger partial charge >= 0.3 is 0 Å². The molecule has 1 aliphatic rings. The number of H-pyrrole nitrogens is 1. The Morgan fingerprint density at radius 3 is 3.00 bits per heavy atom. The molecule has 4 nitrogen and oxygen atoms in total. The Balaban J connectivity index is 1.57. The second-order valence-electron chi connectivity index (χ2n) is 5.23. The van der Waals surface area contributed by atoms with Gasteiger partial charge in [-0.15, -0.1) is 0 Å². The van der Waals surface area contributed by atoms with E-state index in [2.05, 4.69) is 15.5 Å². The van der Waals surface area contributed by atoms with Crippen LogP contribution in [0, 0.1) is 12.8 Å². The van der Waals surface area contributed by atoms with Crippen molar-refractivity contribution in [1.29, 1.82) is 0 Å². The molecule has 1 aliphatic heterocycles. The van der Waals surface area contributed by atoms with Gasteiger partial charge in [-0.25, -0.2) is 0 Å². The maximum absolute atomic E-state index is 11.8. The SMILES string of the molecule is Cc1[nH]ncc1CCCNC(=O)CC1CCSCC1. The molecule has 0 atom stereocenters. The van der Waals surface area contributed by atoms with E-state index < -0.39 is 0 Å². The summed E-state index contributed by atoms with van der Waals surface area (Å²) in [6.07, 6.45) is 6.94. The second-order valence-corrected chi connectivity index (χ2v) is 6.46. The zero-order chi connectivity index (χ0) is 13.5. The van der Waals surface area contributed by atoms with Gasteiger partial charge in [-0.2, -0.15) is 16.9 Å². The summed E-state index contributed by atoms with van der Waals surface area (Å²) in [6, 6.07) is 0. The Hall–Kier alpha value is -0.970. The number of thioether (sulfide) groups is 1. The number of nitrogens with one attached hydrogen (secondary N) is 2. The van der Waals surface area contributed by atoms with Gasteiger partial charge in [-0.05, 0) is 55.6 Å². The molecular weight excluding hydrogens is 258 g/mol. The summed E-state index contributed by atoms with van der Waals surface area (Å²) >= 11 is 2.01. The fourth-order valence-electron chi connectivity index (χ4n) is 2.42. The molecule has 5 heteroatoms. The molecule has 0 saturated carbocycles. The van der Waals surface area contributed by atoms with Crippen molar-refractivity contribution in [2.45, 2.75) is 39.0 Å². The lowest BCUT2D eigenvalue weighted by Crippen LogP contribution is -2.27. The highest BCUT2D eigenvalue weighted by Crippen LogP contribution is 2.24. The summed E-state index contributed by atoms with van der Waals surface area (Å²) < 4.78 is 0. The summed E-state index contributed by atoms with van der Waals surface area (Å²) in [4.78, 5) is 11.8. The number of amides is 1. The van der Waals surface area contributed by atoms with Crippen LogP contribution < -0.4 is 5.32 Å². The van der Waals surface area contributed by atoms with Gasteiger partial charge in [0, 0.05) is 18.7 Å². The zero-order valence-corrected chi connectivity index (χ0v) is 12.4. The van der Waals surface area contributed by atoms with Gasteiger partial charge in [-0.3, -0.25) is 9.89 Å². The normalized spacial score (nSPS) is 16.5. The van der Waals surface area contributed by atoms with E-state index in [0.717, 1.165) is 25.1 Å². The van der Waals surface area contributed by atoms with Crippen LogP contribution in [0.15, 0.2) is 6.20 Å². The van der Waals surface area contributed by atoms with Gasteiger partial charge < -0.3 is 5.32 Å². The van der Waals surface area contributed by atoms with Crippen LogP contribution in [0.4, 0.5) is 0 Å². The smallest absolute Gasteiger partial charge is 0.220 e. The highest BCUT2D eigenvalue weighted by Gasteiger charge is 2.16. The molecule has 0 unspecified atom stereocenters. The maximum atomic E-state index is 11.8. The molecule has 1 aromatic rings. The van der Waals surface area contributed by atoms with Crippen LogP contribution in [-0.4, -0.2) is 34.2 Å². The molecule has 0 spiro atoms. The third kappa shape index (κ3) is 4.90. The minimum atomic E-state index is 0.223. The molecular formula is C14H23N3OS. The first kappa shape index (κ1) is 14.4. The number of hydrogen-bond donors (Lipinski definition) is 2. The fraction of sp³-hybridized carbons (Fsp3) is 0.714. The van der Waals surface area contributed by atoms with E-state index in [-0.39, 0.29) is 5.91 Å². The Morgan fingerprint density at radius 1 is 1.53 bits per heavy atom. The first-order valence-electron chi connectivity index (χ1n) is 7.09. The van der Waals surface area contributed by atoms with Crippen molar-refractivity contribution in [3.63, 3.8) is 0 Å². The van der Waals surface area contributed by atoms with E-state index in [1.165, 1.54) is 29.9 Å². The quantitative estimate of drug-likeness (QED) is 0.787. The minimum absolute atomic E-state index is 0.223. The molecule has 0 aromatic carbocycles. The summed E-state index contributed by atoms with van der Waals surface area (Å²) in [5, 5.41) is 9.97. The van der Waals surface area contributed by atoms with Gasteiger partial charge in [-0.1, -0.05) is 0 Å². The number of aryl methyl sites for hydroxylation is 2. The standard InChI is InChI=1S/C14H23N3OS/c1-11-13(10-16-17-11)3-2-6-15-14(18)9-12-4-7-19-8-5-12/h10,12H,2-9H2,1H3,(H,15,18)(H,16,17). The van der Waals surface area contributed by atoms with Crippen LogP contribution in [-0.2, 0) is 11.2 Å². The lowest BCUT2D eigenvalue weighted by molar-refractivity contribution is -0.122. The molecule has 2 N–H and O–H groups in total. The number of rotatable bonds is 6. The van der Waals surface area contributed by atoms with Gasteiger partial charge in [0.2, 0.25) is 5.91 Å². The van der Waals surface area contributed by atoms with E-state index in [4.69, 9.17) is 0 Å². The minimum Gasteiger partial charge on any atom is -0.356 e. The molecule has 2 heterocycles. The van der Waals surface area contributed by atoms with E-state index in [1.54, 1.807) is 0 Å². The van der Waals surface area contributed by atoms with E-state index >= 15 is 0 Å². The van der Waals surface area contributed by atoms with Crippen LogP contribution in [0.2, 0.25) is 0 Å². The summed E-state index contributed by atoms with van der Waals surface area (Å²) in [6.45, 7) is 2.80. The number of aromatic amines is 1. The molecule has 2 rings (SSSR count). The van der Waals surface area contributed by atoms with Crippen LogP contribution >= 0.6 is 11.8 Å². The molecule has 0 aliphatic carbocycles. The van der Waals surface area contributed by atoms with Gasteiger partial charge in [0.1, 0.15) is 0 Å². The molecule has 1 saturated heterocycles. The molecule has 0 radical (unpaired) electrons. The lowest BCUT2D eigenvalue weighted by Gasteiger charge is -2.20. The number of carbonyl (C=O) groups excluding carboxylic acids is 1. The number of carbonyl (C=O) groups is 1. The average molecular weight is 281 g/mol. The Kier molecular flexibility index (Phi) is 5.76. The largest absolute Gasteiger partial charge is 0.356 e. The Morgan fingerprint density at radius 2 is 2.32 bits per heavy atom. The maximum Gasteiger partial charge on any atom is 0.220 e. The van der Waals surface area contributed by atoms with Gasteiger partial charge in [0.25, 0.3) is 0 Å². The predicted molar refractivity (Wildman–Crippen MR) is 79.3 cm³/mol. The van der Waals surface area contributed by atoms with Crippen LogP contribution in [0.1, 0.15) is 36.9 Å². The van der Waals surface area contributed by atoms with Crippen molar-refractivity contribution >= 4 is 17.7 Å². The van der Waals surface area contributed by atoms with Crippen molar-refractivity contribution in [2.75, 3.05) is 18.1 Å². The molecule has 19 heavy (non-hydrogen) atoms. The van der Waals surface area contributed by atoms with E-state index in [1.807, 2.05) is 24.9 Å². The van der Waals surface area contributed by atoms with Gasteiger partial charge in [0.15, 0.2) is 0 Å². The highest BCUT2D eigenvalue weighted by molar-refractivity contribution is 7.99. The third-order valence-electron chi connectivity index (χ3n) is 3.69. The van der Waals surface area contributed by atoms with Gasteiger partial charge in [0.05, 0.1) is 6.20 Å². The monoisotopic (exact) mass is 281 g/mol. The predicted octanol–water partition coefficient (Wildman–Crippen LogP) is 2.30. The number of aromatic nitrogens is 2. The Labute approximate surface area is 119 Å². The zero-order valence-electron chi connectivity index (χ0n) is 11.6. The van der Waals surface area contributed by atoms with E-state index in [0.29, 0.717) is 12.3 Å². The Bertz CT molecular complexity index is 399. The number of hydrogen-bond acceptors (Lipinski definition) is 3. The van der Waals surface area contributed by atoms with Crippen molar-refractivity contribution in [3.8, 4) is 0 Å². The van der Waals surface area contributed by atoms with E-state index in [9.17, 15) is 4.79 Å². The van der Waals surface area contributed by atoms with Crippen molar-refractivity contribution < 1.29 is 4.79 Å². The van der Waals surface area contributed by atoms with Crippen molar-refractivity contribution in [2.24, 2.45) is 5.92 Å². The lowest BCUT2D eigenvalue weighted by atomic mass is 9.98. The molecule has 1 aromatic heterocycles. The van der Waals surface area contributed by atoms with Crippen LogP contribution in [0.3, 0.4) is 0 Å². The second kappa shape index (κ2) is 7.58. The van der Waals surface area contributed by atoms with Crippen LogP contribution in [0.5, 0.6) is 0 Å². The van der Waals surface area contributed by atoms with Crippen molar-refractivity contribution in [1.82, 2.24) is 15.5 Å².